The number of hydrogen-bond acceptors (Lipinski definition) is 3. The van der Waals surface area contributed by atoms with Gasteiger partial charge in [-0.05, 0) is 18.2 Å². The van der Waals surface area contributed by atoms with E-state index in [-0.39, 0.29) is 154 Å². The van der Waals surface area contributed by atoms with Crippen molar-refractivity contribution < 1.29 is 154 Å². The quantitative estimate of drug-likeness (QED) is 0.256. The van der Waals surface area contributed by atoms with Crippen LogP contribution in [0.3, 0.4) is 0 Å². The summed E-state index contributed by atoms with van der Waals surface area (Å²) in [6.07, 6.45) is 0. The predicted octanol–water partition coefficient (Wildman–Crippen LogP) is -7.73. The molecule has 0 spiro atoms. The number of benzene rings is 1. The van der Waals surface area contributed by atoms with E-state index in [1.165, 1.54) is 0 Å². The fraction of sp³-hybridized carbons (Fsp3) is 0. The Bertz CT molecular complexity index is 458. The second-order valence-electron chi connectivity index (χ2n) is 2.48. The Morgan fingerprint density at radius 2 is 0.778 bits per heavy atom. The summed E-state index contributed by atoms with van der Waals surface area (Å²) < 4.78 is 0. The van der Waals surface area contributed by atoms with Crippen LogP contribution in [0.1, 0.15) is 16.7 Å². The molecule has 72 valence electrons. The molecule has 0 N–H and O–H groups in total. The van der Waals surface area contributed by atoms with E-state index in [1.807, 2.05) is 18.2 Å². The zero-order valence-electron chi connectivity index (χ0n) is 10.5. The number of hydrogen-bond donors (Lipinski definition) is 0. The van der Waals surface area contributed by atoms with Crippen molar-refractivity contribution in [3.05, 3.63) is 34.9 Å². The van der Waals surface area contributed by atoms with E-state index in [2.05, 4.69) is 71.4 Å². The van der Waals surface area contributed by atoms with E-state index in [4.69, 9.17) is 0 Å². The van der Waals surface area contributed by atoms with Crippen molar-refractivity contribution in [2.45, 2.75) is 0 Å². The molecule has 0 radical (unpaired) electrons. The Balaban J connectivity index is -0.000000750. The van der Waals surface area contributed by atoms with Crippen LogP contribution in [0.15, 0.2) is 18.2 Å². The van der Waals surface area contributed by atoms with Crippen LogP contribution >= 0.6 is 0 Å². The summed E-state index contributed by atoms with van der Waals surface area (Å²) in [5.41, 5.74) is 2.31. The maximum absolute atomic E-state index is 4.58. The molecule has 0 atom stereocenters. The molecule has 0 saturated carbocycles. The molecule has 0 aliphatic heterocycles. The molecule has 0 fully saturated rings. The van der Waals surface area contributed by atoms with Gasteiger partial charge >= 0.3 is 154 Å². The average molecular weight is 361 g/mol. The van der Waals surface area contributed by atoms with Gasteiger partial charge in [0.05, 0.1) is 0 Å². The minimum Gasteiger partial charge on any atom is -0.724 e. The maximum Gasteiger partial charge on any atom is 1.00 e. The molecule has 0 unspecified atom stereocenters. The fourth-order valence-corrected chi connectivity index (χ4v) is 1.37. The van der Waals surface area contributed by atoms with Gasteiger partial charge in [0, 0.05) is 16.7 Å². The third kappa shape index (κ3) is 11.1. The Morgan fingerprint density at radius 1 is 0.556 bits per heavy atom. The number of rotatable bonds is 0. The molecule has 0 aliphatic rings. The Hall–Kier alpha value is 3.47. The van der Waals surface area contributed by atoms with Crippen LogP contribution in [0.5, 0.6) is 0 Å². The van der Waals surface area contributed by atoms with Crippen LogP contribution in [0.25, 0.3) is 0 Å². The molecule has 1 aromatic carbocycles. The summed E-state index contributed by atoms with van der Waals surface area (Å²) in [5, 5.41) is 7.22. The second-order valence-corrected chi connectivity index (χ2v) is 3.09. The van der Waals surface area contributed by atoms with Crippen molar-refractivity contribution in [3.8, 4) is 33.5 Å². The van der Waals surface area contributed by atoms with Crippen molar-refractivity contribution in [1.82, 2.24) is 0 Å². The molecule has 18 heavy (non-hydrogen) atoms. The molecule has 0 nitrogen and oxygen atoms in total. The van der Waals surface area contributed by atoms with Crippen LogP contribution in [0.2, 0.25) is 0 Å². The van der Waals surface area contributed by atoms with E-state index < -0.39 is 0 Å². The van der Waals surface area contributed by atoms with Crippen molar-refractivity contribution in [3.63, 3.8) is 0 Å². The molecule has 0 bridgehead atoms. The van der Waals surface area contributed by atoms with E-state index in [0.717, 1.165) is 16.7 Å². The first-order chi connectivity index (χ1) is 7.30. The van der Waals surface area contributed by atoms with Crippen molar-refractivity contribution in [2.24, 2.45) is 0 Å². The molecular weight excluding hydrogens is 358 g/mol. The van der Waals surface area contributed by atoms with Crippen molar-refractivity contribution in [1.29, 1.82) is 0 Å². The van der Waals surface area contributed by atoms with Gasteiger partial charge in [-0.15, -0.1) is 0 Å². The van der Waals surface area contributed by atoms with Crippen LogP contribution in [0.4, 0.5) is 0 Å². The molecule has 6 heteroatoms. The molecule has 0 saturated heterocycles. The summed E-state index contributed by atoms with van der Waals surface area (Å²) in [7, 11) is 0. The van der Waals surface area contributed by atoms with Crippen molar-refractivity contribution >= 4 is 37.9 Å². The van der Waals surface area contributed by atoms with Gasteiger partial charge in [-0.2, -0.15) is 0 Å². The van der Waals surface area contributed by atoms with Gasteiger partial charge in [0.25, 0.3) is 0 Å². The van der Waals surface area contributed by atoms with E-state index in [1.54, 1.807) is 0 Å². The first-order valence-electron chi connectivity index (χ1n) is 3.84. The average Bonchev–Trinajstić information content (AvgIpc) is 2.19. The molecule has 1 rings (SSSR count). The Labute approximate surface area is 253 Å². The van der Waals surface area contributed by atoms with Crippen LogP contribution in [-0.4, -0.2) is 0 Å². The normalized spacial score (nSPS) is 6.00. The van der Waals surface area contributed by atoms with Gasteiger partial charge < -0.3 is 37.9 Å². The zero-order chi connectivity index (χ0) is 11.1. The van der Waals surface area contributed by atoms with Gasteiger partial charge in [0.2, 0.25) is 0 Å². The summed E-state index contributed by atoms with van der Waals surface area (Å²) in [4.78, 5) is 0. The predicted molar refractivity (Wildman–Crippen MR) is 69.2 cm³/mol. The van der Waals surface area contributed by atoms with Gasteiger partial charge in [-0.1, -0.05) is 17.8 Å². The van der Waals surface area contributed by atoms with E-state index in [0.29, 0.717) is 0 Å². The van der Waals surface area contributed by atoms with Gasteiger partial charge in [0.1, 0.15) is 0 Å². The van der Waals surface area contributed by atoms with Crippen molar-refractivity contribution in [2.75, 3.05) is 0 Å². The minimum absolute atomic E-state index is 0. The molecular formula is C12H3K3S3. The van der Waals surface area contributed by atoms with Crippen LogP contribution in [-0.2, 0) is 37.9 Å². The topological polar surface area (TPSA) is 0 Å². The Kier molecular flexibility index (Phi) is 24.7. The summed E-state index contributed by atoms with van der Waals surface area (Å²) in [6, 6.07) is 5.44. The SMILES string of the molecule is [K+].[K+].[K+].[S-]C#Cc1cc(C#C[S-])cc(C#C[S-])c1. The third-order valence-electron chi connectivity index (χ3n) is 1.52. The van der Waals surface area contributed by atoms with Gasteiger partial charge in [-0.3, -0.25) is 0 Å². The van der Waals surface area contributed by atoms with E-state index >= 15 is 0 Å². The standard InChI is InChI=1S/C12H6S3.3K/c13-4-1-10-7-11(2-5-14)9-12(8-10)3-6-15;;;/h7-9,13-15H;;;/q;3*+1/p-3. The first kappa shape index (κ1) is 26.4. The molecule has 0 heterocycles. The molecule has 0 aliphatic carbocycles. The van der Waals surface area contributed by atoms with E-state index in [9.17, 15) is 0 Å². The third-order valence-corrected chi connectivity index (χ3v) is 1.83. The summed E-state index contributed by atoms with van der Waals surface area (Å²) in [5.74, 6) is 8.30. The van der Waals surface area contributed by atoms with Gasteiger partial charge in [-0.25, -0.2) is 15.8 Å². The molecule has 1 aromatic rings. The molecule has 0 amide bonds. The molecule has 0 aromatic heterocycles. The first-order valence-corrected chi connectivity index (χ1v) is 5.07. The van der Waals surface area contributed by atoms with Crippen LogP contribution < -0.4 is 154 Å². The smallest absolute Gasteiger partial charge is 0.724 e. The monoisotopic (exact) mass is 360 g/mol. The maximum atomic E-state index is 4.58. The second kappa shape index (κ2) is 16.8. The minimum atomic E-state index is 0. The van der Waals surface area contributed by atoms with Gasteiger partial charge in [0.15, 0.2) is 0 Å². The zero-order valence-corrected chi connectivity index (χ0v) is 22.3. The summed E-state index contributed by atoms with van der Waals surface area (Å²) >= 11 is 13.7. The van der Waals surface area contributed by atoms with Crippen LogP contribution in [0, 0.1) is 33.5 Å². The summed E-state index contributed by atoms with van der Waals surface area (Å²) in [6.45, 7) is 0. The fourth-order valence-electron chi connectivity index (χ4n) is 1.02. The largest absolute Gasteiger partial charge is 1.00 e. The Morgan fingerprint density at radius 3 is 0.944 bits per heavy atom.